The van der Waals surface area contributed by atoms with Crippen molar-refractivity contribution in [3.8, 4) is 0 Å². The predicted molar refractivity (Wildman–Crippen MR) is 63.0 cm³/mol. The van der Waals surface area contributed by atoms with Crippen LogP contribution in [0.2, 0.25) is 5.02 Å². The Morgan fingerprint density at radius 3 is 2.82 bits per heavy atom. The summed E-state index contributed by atoms with van der Waals surface area (Å²) in [7, 11) is 0. The quantitative estimate of drug-likeness (QED) is 0.841. The van der Waals surface area contributed by atoms with Crippen molar-refractivity contribution in [3.63, 3.8) is 0 Å². The number of nitrogens with zero attached hydrogens (tertiary/aromatic N) is 1. The van der Waals surface area contributed by atoms with E-state index in [2.05, 4.69) is 10.3 Å². The standard InChI is InChI=1S/C11H13ClN2O3/c1-2-3-8(11(16)17)14-10(15)9-6-7(12)4-5-13-9/h4-6,8H,2-3H2,1H3,(H,14,15)(H,16,17)/t8-/m0/s1. The molecule has 2 N–H and O–H groups in total. The van der Waals surface area contributed by atoms with Gasteiger partial charge >= 0.3 is 5.97 Å². The van der Waals surface area contributed by atoms with E-state index < -0.39 is 17.9 Å². The molecule has 1 amide bonds. The van der Waals surface area contributed by atoms with Crippen LogP contribution in [0.4, 0.5) is 0 Å². The maximum Gasteiger partial charge on any atom is 0.326 e. The van der Waals surface area contributed by atoms with Crippen LogP contribution in [0.1, 0.15) is 30.3 Å². The molecule has 92 valence electrons. The highest BCUT2D eigenvalue weighted by molar-refractivity contribution is 6.30. The molecule has 0 aromatic carbocycles. The minimum absolute atomic E-state index is 0.111. The number of aromatic nitrogens is 1. The summed E-state index contributed by atoms with van der Waals surface area (Å²) >= 11 is 5.71. The lowest BCUT2D eigenvalue weighted by Crippen LogP contribution is -2.40. The Hall–Kier alpha value is -1.62. The van der Waals surface area contributed by atoms with Gasteiger partial charge in [0, 0.05) is 11.2 Å². The molecule has 17 heavy (non-hydrogen) atoms. The van der Waals surface area contributed by atoms with Crippen LogP contribution in [0.5, 0.6) is 0 Å². The zero-order valence-corrected chi connectivity index (χ0v) is 10.1. The predicted octanol–water partition coefficient (Wildman–Crippen LogP) is 1.72. The van der Waals surface area contributed by atoms with Crippen LogP contribution in [-0.4, -0.2) is 28.0 Å². The lowest BCUT2D eigenvalue weighted by atomic mass is 10.1. The third-order valence-electron chi connectivity index (χ3n) is 2.14. The lowest BCUT2D eigenvalue weighted by Gasteiger charge is -2.12. The number of hydrogen-bond donors (Lipinski definition) is 2. The SMILES string of the molecule is CCC[C@H](NC(=O)c1cc(Cl)ccn1)C(=O)O. The summed E-state index contributed by atoms with van der Waals surface area (Å²) in [6.07, 6.45) is 2.44. The fourth-order valence-electron chi connectivity index (χ4n) is 1.31. The van der Waals surface area contributed by atoms with Gasteiger partial charge in [-0.2, -0.15) is 0 Å². The van der Waals surface area contributed by atoms with Gasteiger partial charge in [-0.3, -0.25) is 9.78 Å². The number of aliphatic carboxylic acids is 1. The molecule has 1 atom stereocenters. The van der Waals surface area contributed by atoms with Crippen LogP contribution in [0.15, 0.2) is 18.3 Å². The first-order chi connectivity index (χ1) is 8.04. The highest BCUT2D eigenvalue weighted by Crippen LogP contribution is 2.08. The Labute approximate surface area is 104 Å². The van der Waals surface area contributed by atoms with E-state index in [1.54, 1.807) is 6.07 Å². The van der Waals surface area contributed by atoms with Crippen LogP contribution in [-0.2, 0) is 4.79 Å². The van der Waals surface area contributed by atoms with Crippen molar-refractivity contribution >= 4 is 23.5 Å². The molecule has 0 aliphatic carbocycles. The molecule has 1 aromatic rings. The number of pyridine rings is 1. The zero-order chi connectivity index (χ0) is 12.8. The molecule has 1 rings (SSSR count). The van der Waals surface area contributed by atoms with E-state index in [-0.39, 0.29) is 5.69 Å². The van der Waals surface area contributed by atoms with E-state index in [1.807, 2.05) is 6.92 Å². The maximum atomic E-state index is 11.7. The molecule has 0 aliphatic rings. The number of nitrogens with one attached hydrogen (secondary N) is 1. The Morgan fingerprint density at radius 1 is 1.59 bits per heavy atom. The van der Waals surface area contributed by atoms with E-state index in [4.69, 9.17) is 16.7 Å². The van der Waals surface area contributed by atoms with Crippen molar-refractivity contribution in [2.24, 2.45) is 0 Å². The van der Waals surface area contributed by atoms with Gasteiger partial charge in [-0.05, 0) is 18.6 Å². The molecule has 0 spiro atoms. The van der Waals surface area contributed by atoms with E-state index in [9.17, 15) is 9.59 Å². The smallest absolute Gasteiger partial charge is 0.326 e. The average molecular weight is 257 g/mol. The van der Waals surface area contributed by atoms with Gasteiger partial charge in [0.25, 0.3) is 5.91 Å². The van der Waals surface area contributed by atoms with Crippen LogP contribution < -0.4 is 5.32 Å². The lowest BCUT2D eigenvalue weighted by molar-refractivity contribution is -0.139. The third-order valence-corrected chi connectivity index (χ3v) is 2.37. The second-order valence-electron chi connectivity index (χ2n) is 3.51. The molecule has 0 unspecified atom stereocenters. The Balaban J connectivity index is 2.73. The molecular formula is C11H13ClN2O3. The van der Waals surface area contributed by atoms with Crippen LogP contribution in [0.3, 0.4) is 0 Å². The van der Waals surface area contributed by atoms with Crippen molar-refractivity contribution in [1.82, 2.24) is 10.3 Å². The summed E-state index contributed by atoms with van der Waals surface area (Å²) in [4.78, 5) is 26.4. The highest BCUT2D eigenvalue weighted by Gasteiger charge is 2.20. The van der Waals surface area contributed by atoms with Gasteiger partial charge in [0.05, 0.1) is 0 Å². The number of hydrogen-bond acceptors (Lipinski definition) is 3. The molecule has 5 nitrogen and oxygen atoms in total. The largest absolute Gasteiger partial charge is 0.480 e. The van der Waals surface area contributed by atoms with E-state index in [0.717, 1.165) is 0 Å². The molecule has 6 heteroatoms. The zero-order valence-electron chi connectivity index (χ0n) is 9.31. The summed E-state index contributed by atoms with van der Waals surface area (Å²) in [5.41, 5.74) is 0.111. The molecule has 0 saturated carbocycles. The maximum absolute atomic E-state index is 11.7. The molecular weight excluding hydrogens is 244 g/mol. The highest BCUT2D eigenvalue weighted by atomic mass is 35.5. The summed E-state index contributed by atoms with van der Waals surface area (Å²) < 4.78 is 0. The molecule has 0 fully saturated rings. The summed E-state index contributed by atoms with van der Waals surface area (Å²) in [6, 6.07) is 2.04. The molecule has 0 aliphatic heterocycles. The molecule has 1 aromatic heterocycles. The number of carboxylic acids is 1. The fraction of sp³-hybridized carbons (Fsp3) is 0.364. The minimum atomic E-state index is -1.05. The Bertz CT molecular complexity index is 423. The second-order valence-corrected chi connectivity index (χ2v) is 3.95. The average Bonchev–Trinajstić information content (AvgIpc) is 2.28. The van der Waals surface area contributed by atoms with Gasteiger partial charge in [0.2, 0.25) is 0 Å². The molecule has 1 heterocycles. The van der Waals surface area contributed by atoms with Gasteiger partial charge < -0.3 is 10.4 Å². The number of carboxylic acid groups (broad SMARTS) is 1. The van der Waals surface area contributed by atoms with Gasteiger partial charge in [-0.1, -0.05) is 24.9 Å². The third kappa shape index (κ3) is 4.03. The number of amides is 1. The van der Waals surface area contributed by atoms with E-state index in [1.165, 1.54) is 12.3 Å². The van der Waals surface area contributed by atoms with Gasteiger partial charge in [0.15, 0.2) is 0 Å². The van der Waals surface area contributed by atoms with Crippen LogP contribution >= 0.6 is 11.6 Å². The Kier molecular flexibility index (Phi) is 4.90. The van der Waals surface area contributed by atoms with Crippen molar-refractivity contribution in [2.75, 3.05) is 0 Å². The minimum Gasteiger partial charge on any atom is -0.480 e. The van der Waals surface area contributed by atoms with Crippen molar-refractivity contribution < 1.29 is 14.7 Å². The summed E-state index contributed by atoms with van der Waals surface area (Å²) in [5, 5.41) is 11.7. The number of carbonyl (C=O) groups excluding carboxylic acids is 1. The number of halogens is 1. The molecule has 0 saturated heterocycles. The van der Waals surface area contributed by atoms with E-state index >= 15 is 0 Å². The van der Waals surface area contributed by atoms with Crippen molar-refractivity contribution in [2.45, 2.75) is 25.8 Å². The summed E-state index contributed by atoms with van der Waals surface area (Å²) in [6.45, 7) is 1.85. The fourth-order valence-corrected chi connectivity index (χ4v) is 1.47. The van der Waals surface area contributed by atoms with Crippen molar-refractivity contribution in [1.29, 1.82) is 0 Å². The first-order valence-corrected chi connectivity index (χ1v) is 5.57. The molecule has 0 radical (unpaired) electrons. The summed E-state index contributed by atoms with van der Waals surface area (Å²) in [5.74, 6) is -1.59. The van der Waals surface area contributed by atoms with E-state index in [0.29, 0.717) is 17.9 Å². The van der Waals surface area contributed by atoms with Gasteiger partial charge in [-0.15, -0.1) is 0 Å². The normalized spacial score (nSPS) is 11.9. The first-order valence-electron chi connectivity index (χ1n) is 5.19. The monoisotopic (exact) mass is 256 g/mol. The van der Waals surface area contributed by atoms with Gasteiger partial charge in [-0.25, -0.2) is 4.79 Å². The van der Waals surface area contributed by atoms with Crippen LogP contribution in [0.25, 0.3) is 0 Å². The Morgan fingerprint density at radius 2 is 2.29 bits per heavy atom. The topological polar surface area (TPSA) is 79.3 Å². The molecule has 0 bridgehead atoms. The number of carbonyl (C=O) groups is 2. The number of rotatable bonds is 5. The van der Waals surface area contributed by atoms with Crippen LogP contribution in [0, 0.1) is 0 Å². The second kappa shape index (κ2) is 6.20. The van der Waals surface area contributed by atoms with Crippen molar-refractivity contribution in [3.05, 3.63) is 29.0 Å². The van der Waals surface area contributed by atoms with Gasteiger partial charge in [0.1, 0.15) is 11.7 Å². The first kappa shape index (κ1) is 13.4.